The maximum absolute atomic E-state index is 13.8. The first-order valence-electron chi connectivity index (χ1n) is 14.4. The van der Waals surface area contributed by atoms with Gasteiger partial charge in [-0.05, 0) is 64.4 Å². The predicted octanol–water partition coefficient (Wildman–Crippen LogP) is 8.35. The zero-order valence-corrected chi connectivity index (χ0v) is 25.5. The van der Waals surface area contributed by atoms with Crippen LogP contribution >= 0.6 is 11.6 Å². The van der Waals surface area contributed by atoms with Gasteiger partial charge in [0.15, 0.2) is 0 Å². The quantitative estimate of drug-likeness (QED) is 0.136. The molecule has 0 heterocycles. The van der Waals surface area contributed by atoms with Crippen molar-refractivity contribution < 1.29 is 14.4 Å². The number of carbonyl (C=O) groups is 3. The molecule has 5 nitrogen and oxygen atoms in total. The summed E-state index contributed by atoms with van der Waals surface area (Å²) in [5, 5.41) is 6.49. The normalized spacial score (nSPS) is 12.1. The number of benzene rings is 4. The third-order valence-corrected chi connectivity index (χ3v) is 7.30. The van der Waals surface area contributed by atoms with E-state index in [-0.39, 0.29) is 23.7 Å². The monoisotopic (exact) mass is 592 g/mol. The molecule has 1 unspecified atom stereocenters. The number of allylic oxidation sites excluding steroid dienone is 1. The standard InChI is InChI=1S/C37H37ClN2O3/c1-37(2,3)22-21-26-9-13-29(14-10-26)33(25-27-11-15-30(16-12-27)35(42)39-23-6-24-41)36(43)40-31-19-17-28(18-20-31)32-7-4-5-8-34(32)38/h4-5,7-22,24,33H,6,23,25H2,1-3H3,(H,39,42)(H,40,43)/b22-21+. The van der Waals surface area contributed by atoms with Gasteiger partial charge in [0.25, 0.3) is 5.91 Å². The number of hydrogen-bond donors (Lipinski definition) is 2. The molecule has 4 aromatic carbocycles. The lowest BCUT2D eigenvalue weighted by atomic mass is 9.89. The van der Waals surface area contributed by atoms with E-state index in [1.165, 1.54) is 0 Å². The molecule has 0 aromatic heterocycles. The van der Waals surface area contributed by atoms with Crippen LogP contribution in [0.5, 0.6) is 0 Å². The Balaban J connectivity index is 1.55. The first-order chi connectivity index (χ1) is 20.6. The van der Waals surface area contributed by atoms with Gasteiger partial charge in [0.2, 0.25) is 5.91 Å². The lowest BCUT2D eigenvalue weighted by Gasteiger charge is -2.19. The van der Waals surface area contributed by atoms with Crippen LogP contribution in [0.4, 0.5) is 5.69 Å². The predicted molar refractivity (Wildman–Crippen MR) is 176 cm³/mol. The highest BCUT2D eigenvalue weighted by atomic mass is 35.5. The number of aldehydes is 1. The van der Waals surface area contributed by atoms with Crippen molar-refractivity contribution in [3.05, 3.63) is 130 Å². The Kier molecular flexibility index (Phi) is 10.7. The fourth-order valence-corrected chi connectivity index (χ4v) is 4.82. The largest absolute Gasteiger partial charge is 0.352 e. The number of rotatable bonds is 11. The topological polar surface area (TPSA) is 75.3 Å². The molecule has 0 fully saturated rings. The first kappa shape index (κ1) is 31.5. The van der Waals surface area contributed by atoms with E-state index in [1.807, 2.05) is 84.9 Å². The SMILES string of the molecule is CC(C)(C)/C=C/c1ccc(C(Cc2ccc(C(=O)NCCC=O)cc2)C(=O)Nc2ccc(-c3ccccc3Cl)cc2)cc1. The highest BCUT2D eigenvalue weighted by molar-refractivity contribution is 6.33. The number of nitrogens with one attached hydrogen (secondary N) is 2. The summed E-state index contributed by atoms with van der Waals surface area (Å²) in [5.41, 5.74) is 6.06. The minimum Gasteiger partial charge on any atom is -0.352 e. The molecule has 1 atom stereocenters. The molecular weight excluding hydrogens is 556 g/mol. The second kappa shape index (κ2) is 14.6. The Morgan fingerprint density at radius 2 is 1.53 bits per heavy atom. The summed E-state index contributed by atoms with van der Waals surface area (Å²) >= 11 is 6.37. The molecule has 4 rings (SSSR count). The van der Waals surface area contributed by atoms with E-state index in [0.29, 0.717) is 29.2 Å². The minimum absolute atomic E-state index is 0.0695. The van der Waals surface area contributed by atoms with Crippen molar-refractivity contribution in [2.75, 3.05) is 11.9 Å². The van der Waals surface area contributed by atoms with E-state index in [9.17, 15) is 14.4 Å². The number of anilines is 1. The second-order valence-corrected chi connectivity index (χ2v) is 12.0. The average molecular weight is 593 g/mol. The second-order valence-electron chi connectivity index (χ2n) is 11.6. The van der Waals surface area contributed by atoms with Crippen LogP contribution in [0.2, 0.25) is 5.02 Å². The van der Waals surface area contributed by atoms with Crippen molar-refractivity contribution in [3.63, 3.8) is 0 Å². The minimum atomic E-state index is -0.462. The Labute approximate surface area is 259 Å². The molecule has 4 aromatic rings. The highest BCUT2D eigenvalue weighted by Crippen LogP contribution is 2.29. The van der Waals surface area contributed by atoms with Crippen molar-refractivity contribution in [1.82, 2.24) is 5.32 Å². The van der Waals surface area contributed by atoms with Gasteiger partial charge in [-0.1, -0.05) is 111 Å². The molecule has 0 aliphatic carbocycles. The lowest BCUT2D eigenvalue weighted by molar-refractivity contribution is -0.117. The van der Waals surface area contributed by atoms with Crippen molar-refractivity contribution >= 4 is 41.5 Å². The molecule has 2 amide bonds. The highest BCUT2D eigenvalue weighted by Gasteiger charge is 2.22. The zero-order chi connectivity index (χ0) is 30.8. The van der Waals surface area contributed by atoms with Crippen LogP contribution in [0, 0.1) is 5.41 Å². The molecule has 0 bridgehead atoms. The smallest absolute Gasteiger partial charge is 0.251 e. The van der Waals surface area contributed by atoms with Gasteiger partial charge in [0.05, 0.1) is 5.92 Å². The Hall–Kier alpha value is -4.48. The van der Waals surface area contributed by atoms with E-state index in [4.69, 9.17) is 11.6 Å². The summed E-state index contributed by atoms with van der Waals surface area (Å²) in [6.45, 7) is 6.75. The zero-order valence-electron chi connectivity index (χ0n) is 24.8. The van der Waals surface area contributed by atoms with Gasteiger partial charge >= 0.3 is 0 Å². The van der Waals surface area contributed by atoms with Crippen LogP contribution in [0.15, 0.2) is 103 Å². The van der Waals surface area contributed by atoms with Crippen LogP contribution in [0.1, 0.15) is 60.2 Å². The van der Waals surface area contributed by atoms with Crippen molar-refractivity contribution in [2.24, 2.45) is 5.41 Å². The molecule has 2 N–H and O–H groups in total. The molecule has 0 saturated heterocycles. The molecule has 6 heteroatoms. The Morgan fingerprint density at radius 1 is 0.860 bits per heavy atom. The van der Waals surface area contributed by atoms with Crippen LogP contribution in [0.25, 0.3) is 17.2 Å². The molecule has 0 aliphatic rings. The van der Waals surface area contributed by atoms with Gasteiger partial charge in [0, 0.05) is 34.8 Å². The summed E-state index contributed by atoms with van der Waals surface area (Å²) in [7, 11) is 0. The van der Waals surface area contributed by atoms with Gasteiger partial charge in [-0.15, -0.1) is 0 Å². The van der Waals surface area contributed by atoms with Crippen molar-refractivity contribution in [3.8, 4) is 11.1 Å². The van der Waals surface area contributed by atoms with E-state index in [0.717, 1.165) is 34.1 Å². The fraction of sp³-hybridized carbons (Fsp3) is 0.216. The van der Waals surface area contributed by atoms with Gasteiger partial charge in [-0.3, -0.25) is 9.59 Å². The number of halogens is 1. The molecule has 0 spiro atoms. The van der Waals surface area contributed by atoms with Crippen molar-refractivity contribution in [1.29, 1.82) is 0 Å². The maximum atomic E-state index is 13.8. The average Bonchev–Trinajstić information content (AvgIpc) is 3.00. The third kappa shape index (κ3) is 9.25. The van der Waals surface area contributed by atoms with Gasteiger partial charge < -0.3 is 15.4 Å². The molecule has 0 aliphatic heterocycles. The summed E-state index contributed by atoms with van der Waals surface area (Å²) in [4.78, 5) is 36.7. The van der Waals surface area contributed by atoms with Gasteiger partial charge in [-0.25, -0.2) is 0 Å². The van der Waals surface area contributed by atoms with E-state index >= 15 is 0 Å². The van der Waals surface area contributed by atoms with Gasteiger partial charge in [-0.2, -0.15) is 0 Å². The first-order valence-corrected chi connectivity index (χ1v) is 14.8. The van der Waals surface area contributed by atoms with E-state index in [1.54, 1.807) is 12.1 Å². The number of hydrogen-bond acceptors (Lipinski definition) is 3. The van der Waals surface area contributed by atoms with Crippen LogP contribution in [-0.2, 0) is 16.0 Å². The Bertz CT molecular complexity index is 1570. The molecule has 0 saturated carbocycles. The van der Waals surface area contributed by atoms with E-state index in [2.05, 4.69) is 43.6 Å². The molecule has 43 heavy (non-hydrogen) atoms. The molecular formula is C37H37ClN2O3. The fourth-order valence-electron chi connectivity index (χ4n) is 4.58. The summed E-state index contributed by atoms with van der Waals surface area (Å²) in [6.07, 6.45) is 5.75. The summed E-state index contributed by atoms with van der Waals surface area (Å²) in [6, 6.07) is 30.6. The Morgan fingerprint density at radius 3 is 2.16 bits per heavy atom. The van der Waals surface area contributed by atoms with E-state index < -0.39 is 5.92 Å². The maximum Gasteiger partial charge on any atom is 0.251 e. The van der Waals surface area contributed by atoms with Gasteiger partial charge in [0.1, 0.15) is 6.29 Å². The molecule has 0 radical (unpaired) electrons. The number of amides is 2. The van der Waals surface area contributed by atoms with Crippen LogP contribution in [-0.4, -0.2) is 24.6 Å². The van der Waals surface area contributed by atoms with Crippen molar-refractivity contribution in [2.45, 2.75) is 39.5 Å². The van der Waals surface area contributed by atoms with Crippen LogP contribution < -0.4 is 10.6 Å². The lowest BCUT2D eigenvalue weighted by Crippen LogP contribution is -2.25. The third-order valence-electron chi connectivity index (χ3n) is 6.97. The summed E-state index contributed by atoms with van der Waals surface area (Å²) < 4.78 is 0. The van der Waals surface area contributed by atoms with Crippen LogP contribution in [0.3, 0.4) is 0 Å². The molecule has 220 valence electrons. The number of carbonyl (C=O) groups excluding carboxylic acids is 3. The summed E-state index contributed by atoms with van der Waals surface area (Å²) in [5.74, 6) is -0.822.